The molecular formula is C8H5BBrClO2S. The Morgan fingerprint density at radius 3 is 2.64 bits per heavy atom. The highest BCUT2D eigenvalue weighted by Crippen LogP contribution is 2.30. The lowest BCUT2D eigenvalue weighted by Crippen LogP contribution is -2.29. The van der Waals surface area contributed by atoms with Gasteiger partial charge in [-0.25, -0.2) is 0 Å². The quantitative estimate of drug-likeness (QED) is 0.789. The third kappa shape index (κ3) is 1.83. The van der Waals surface area contributed by atoms with Crippen LogP contribution in [-0.2, 0) is 0 Å². The van der Waals surface area contributed by atoms with Crippen LogP contribution < -0.4 is 5.46 Å². The van der Waals surface area contributed by atoms with Crippen LogP contribution in [0.4, 0.5) is 0 Å². The van der Waals surface area contributed by atoms with E-state index in [2.05, 4.69) is 15.9 Å². The second-order valence-electron chi connectivity index (χ2n) is 2.84. The SMILES string of the molecule is OB(O)c1cc(Cl)cc2cc(Br)sc12. The van der Waals surface area contributed by atoms with E-state index in [1.165, 1.54) is 11.3 Å². The van der Waals surface area contributed by atoms with Gasteiger partial charge in [-0.05, 0) is 39.5 Å². The molecule has 0 unspecified atom stereocenters. The van der Waals surface area contributed by atoms with Crippen LogP contribution in [0.15, 0.2) is 22.0 Å². The number of thiophene rings is 1. The first-order chi connectivity index (χ1) is 6.58. The topological polar surface area (TPSA) is 40.5 Å². The Kier molecular flexibility index (Phi) is 2.86. The van der Waals surface area contributed by atoms with E-state index in [1.54, 1.807) is 12.1 Å². The van der Waals surface area contributed by atoms with E-state index in [0.29, 0.717) is 10.5 Å². The summed E-state index contributed by atoms with van der Waals surface area (Å²) >= 11 is 10.6. The first kappa shape index (κ1) is 10.5. The minimum Gasteiger partial charge on any atom is -0.423 e. The lowest BCUT2D eigenvalue weighted by molar-refractivity contribution is 0.426. The molecule has 0 radical (unpaired) electrons. The molecule has 72 valence electrons. The van der Waals surface area contributed by atoms with Crippen molar-refractivity contribution in [2.75, 3.05) is 0 Å². The first-order valence-corrected chi connectivity index (χ1v) is 5.81. The molecule has 0 atom stereocenters. The van der Waals surface area contributed by atoms with Crippen molar-refractivity contribution in [2.45, 2.75) is 0 Å². The van der Waals surface area contributed by atoms with Crippen molar-refractivity contribution in [2.24, 2.45) is 0 Å². The van der Waals surface area contributed by atoms with E-state index >= 15 is 0 Å². The van der Waals surface area contributed by atoms with Crippen molar-refractivity contribution in [3.8, 4) is 0 Å². The maximum atomic E-state index is 9.14. The highest BCUT2D eigenvalue weighted by Gasteiger charge is 2.17. The van der Waals surface area contributed by atoms with Gasteiger partial charge in [-0.15, -0.1) is 11.3 Å². The van der Waals surface area contributed by atoms with E-state index in [4.69, 9.17) is 21.6 Å². The molecule has 0 amide bonds. The summed E-state index contributed by atoms with van der Waals surface area (Å²) in [5, 5.41) is 19.7. The molecule has 2 aromatic rings. The van der Waals surface area contributed by atoms with Crippen LogP contribution >= 0.6 is 38.9 Å². The van der Waals surface area contributed by atoms with Gasteiger partial charge < -0.3 is 10.0 Å². The van der Waals surface area contributed by atoms with Gasteiger partial charge in [-0.3, -0.25) is 0 Å². The Labute approximate surface area is 98.4 Å². The Bertz CT molecular complexity index is 485. The Balaban J connectivity index is 2.79. The number of benzene rings is 1. The van der Waals surface area contributed by atoms with Gasteiger partial charge in [-0.1, -0.05) is 11.6 Å². The summed E-state index contributed by atoms with van der Waals surface area (Å²) in [6, 6.07) is 5.26. The largest absolute Gasteiger partial charge is 0.489 e. The van der Waals surface area contributed by atoms with E-state index in [-0.39, 0.29) is 0 Å². The third-order valence-electron chi connectivity index (χ3n) is 1.86. The van der Waals surface area contributed by atoms with Crippen LogP contribution in [-0.4, -0.2) is 17.2 Å². The lowest BCUT2D eigenvalue weighted by atomic mass is 9.80. The molecule has 6 heteroatoms. The van der Waals surface area contributed by atoms with E-state index < -0.39 is 7.12 Å². The molecule has 0 aliphatic carbocycles. The monoisotopic (exact) mass is 290 g/mol. The molecule has 14 heavy (non-hydrogen) atoms. The fraction of sp³-hybridized carbons (Fsp3) is 0. The van der Waals surface area contributed by atoms with Crippen molar-refractivity contribution in [3.05, 3.63) is 27.0 Å². The minimum atomic E-state index is -1.48. The fourth-order valence-corrected chi connectivity index (χ4v) is 3.17. The lowest BCUT2D eigenvalue weighted by Gasteiger charge is -2.01. The molecule has 0 saturated heterocycles. The van der Waals surface area contributed by atoms with Gasteiger partial charge in [0.2, 0.25) is 0 Å². The molecule has 1 aromatic heterocycles. The van der Waals surface area contributed by atoms with Crippen LogP contribution in [0.2, 0.25) is 5.02 Å². The van der Waals surface area contributed by atoms with Crippen molar-refractivity contribution in [1.29, 1.82) is 0 Å². The van der Waals surface area contributed by atoms with Gasteiger partial charge in [0, 0.05) is 15.2 Å². The van der Waals surface area contributed by atoms with Gasteiger partial charge in [0.05, 0.1) is 3.79 Å². The van der Waals surface area contributed by atoms with Crippen molar-refractivity contribution >= 4 is 61.5 Å². The normalized spacial score (nSPS) is 10.9. The molecule has 0 aliphatic rings. The summed E-state index contributed by atoms with van der Waals surface area (Å²) in [6.07, 6.45) is 0. The first-order valence-electron chi connectivity index (χ1n) is 3.82. The molecule has 0 fully saturated rings. The number of hydrogen-bond donors (Lipinski definition) is 2. The van der Waals surface area contributed by atoms with E-state index in [9.17, 15) is 0 Å². The zero-order valence-electron chi connectivity index (χ0n) is 6.87. The van der Waals surface area contributed by atoms with Crippen LogP contribution in [0.3, 0.4) is 0 Å². The van der Waals surface area contributed by atoms with Crippen molar-refractivity contribution in [3.63, 3.8) is 0 Å². The molecular weight excluding hydrogens is 286 g/mol. The van der Waals surface area contributed by atoms with Gasteiger partial charge in [0.15, 0.2) is 0 Å². The predicted molar refractivity (Wildman–Crippen MR) is 64.4 cm³/mol. The molecule has 0 saturated carbocycles. The molecule has 0 aliphatic heterocycles. The zero-order chi connectivity index (χ0) is 10.3. The summed E-state index contributed by atoms with van der Waals surface area (Å²) in [4.78, 5) is 0. The smallest absolute Gasteiger partial charge is 0.423 e. The van der Waals surface area contributed by atoms with Crippen molar-refractivity contribution < 1.29 is 10.0 Å². The van der Waals surface area contributed by atoms with Gasteiger partial charge >= 0.3 is 7.12 Å². The third-order valence-corrected chi connectivity index (χ3v) is 3.78. The second kappa shape index (κ2) is 3.83. The zero-order valence-corrected chi connectivity index (χ0v) is 10.0. The van der Waals surface area contributed by atoms with Gasteiger partial charge in [0.25, 0.3) is 0 Å². The average molecular weight is 291 g/mol. The predicted octanol–water partition coefficient (Wildman–Crippen LogP) is 2.00. The van der Waals surface area contributed by atoms with Gasteiger partial charge in [0.1, 0.15) is 0 Å². The fourth-order valence-electron chi connectivity index (χ4n) is 1.30. The highest BCUT2D eigenvalue weighted by atomic mass is 79.9. The molecule has 1 aromatic carbocycles. The number of hydrogen-bond acceptors (Lipinski definition) is 3. The van der Waals surface area contributed by atoms with E-state index in [0.717, 1.165) is 13.9 Å². The standard InChI is InChI=1S/C8H5BBrClO2S/c10-7-2-4-1-5(11)3-6(9(12)13)8(4)14-7/h1-3,12-13H. The summed E-state index contributed by atoms with van der Waals surface area (Å²) < 4.78 is 1.79. The number of fused-ring (bicyclic) bond motifs is 1. The molecule has 0 bridgehead atoms. The van der Waals surface area contributed by atoms with Crippen LogP contribution in [0, 0.1) is 0 Å². The van der Waals surface area contributed by atoms with Crippen LogP contribution in [0.5, 0.6) is 0 Å². The van der Waals surface area contributed by atoms with E-state index in [1.807, 2.05) is 6.07 Å². The maximum absolute atomic E-state index is 9.14. The van der Waals surface area contributed by atoms with Crippen LogP contribution in [0.1, 0.15) is 0 Å². The molecule has 1 heterocycles. The average Bonchev–Trinajstić information content (AvgIpc) is 2.42. The summed E-state index contributed by atoms with van der Waals surface area (Å²) in [5.41, 5.74) is 0.447. The Morgan fingerprint density at radius 1 is 1.29 bits per heavy atom. The second-order valence-corrected chi connectivity index (χ2v) is 5.71. The minimum absolute atomic E-state index is 0.447. The van der Waals surface area contributed by atoms with Crippen molar-refractivity contribution in [1.82, 2.24) is 0 Å². The Morgan fingerprint density at radius 2 is 2.00 bits per heavy atom. The maximum Gasteiger partial charge on any atom is 0.489 e. The molecule has 0 spiro atoms. The van der Waals surface area contributed by atoms with Gasteiger partial charge in [-0.2, -0.15) is 0 Å². The van der Waals surface area contributed by atoms with Crippen LogP contribution in [0.25, 0.3) is 10.1 Å². The Hall–Kier alpha value is -0.0651. The summed E-state index contributed by atoms with van der Waals surface area (Å²) in [6.45, 7) is 0. The number of rotatable bonds is 1. The summed E-state index contributed by atoms with van der Waals surface area (Å²) in [7, 11) is -1.48. The molecule has 2 nitrogen and oxygen atoms in total. The number of halogens is 2. The summed E-state index contributed by atoms with van der Waals surface area (Å²) in [5.74, 6) is 0. The molecule has 2 rings (SSSR count). The molecule has 2 N–H and O–H groups in total. The highest BCUT2D eigenvalue weighted by molar-refractivity contribution is 9.11.